The van der Waals surface area contributed by atoms with Crippen LogP contribution in [0.15, 0.2) is 41.3 Å². The summed E-state index contributed by atoms with van der Waals surface area (Å²) in [7, 11) is 0. The molecule has 0 spiro atoms. The number of aromatic nitrogens is 4. The van der Waals surface area contributed by atoms with Crippen molar-refractivity contribution in [1.29, 1.82) is 0 Å². The second-order valence-corrected chi connectivity index (χ2v) is 4.72. The number of nitrogens with one attached hydrogen (secondary N) is 1. The monoisotopic (exact) mass is 281 g/mol. The molecule has 0 bridgehead atoms. The lowest BCUT2D eigenvalue weighted by atomic mass is 10.1. The van der Waals surface area contributed by atoms with E-state index in [0.717, 1.165) is 28.3 Å². The van der Waals surface area contributed by atoms with E-state index in [1.54, 1.807) is 6.20 Å². The molecular formula is C15H15N5O. The van der Waals surface area contributed by atoms with Gasteiger partial charge in [-0.15, -0.1) is 10.2 Å². The van der Waals surface area contributed by atoms with Gasteiger partial charge in [-0.05, 0) is 43.7 Å². The van der Waals surface area contributed by atoms with Gasteiger partial charge < -0.3 is 9.73 Å². The van der Waals surface area contributed by atoms with E-state index >= 15 is 0 Å². The molecule has 0 aliphatic heterocycles. The van der Waals surface area contributed by atoms with E-state index in [1.165, 1.54) is 6.39 Å². The first-order valence-electron chi connectivity index (χ1n) is 6.62. The smallest absolute Gasteiger partial charge is 0.247 e. The summed E-state index contributed by atoms with van der Waals surface area (Å²) in [6, 6.07) is 7.88. The van der Waals surface area contributed by atoms with Crippen LogP contribution in [-0.2, 0) is 6.54 Å². The molecule has 0 fully saturated rings. The molecule has 0 aliphatic carbocycles. The molecule has 1 aromatic carbocycles. The largest absolute Gasteiger partial charge is 0.423 e. The fourth-order valence-corrected chi connectivity index (χ4v) is 2.08. The highest BCUT2D eigenvalue weighted by atomic mass is 16.4. The van der Waals surface area contributed by atoms with Crippen LogP contribution < -0.4 is 5.32 Å². The molecule has 2 aromatic heterocycles. The highest BCUT2D eigenvalue weighted by molar-refractivity contribution is 5.62. The Labute approximate surface area is 122 Å². The minimum absolute atomic E-state index is 0.524. The van der Waals surface area contributed by atoms with Gasteiger partial charge in [0.05, 0.1) is 12.2 Å². The Hall–Kier alpha value is -2.76. The summed E-state index contributed by atoms with van der Waals surface area (Å²) in [6.07, 6.45) is 3.10. The number of hydrogen-bond acceptors (Lipinski definition) is 6. The van der Waals surface area contributed by atoms with E-state index in [9.17, 15) is 0 Å². The molecule has 1 N–H and O–H groups in total. The van der Waals surface area contributed by atoms with Gasteiger partial charge in [-0.1, -0.05) is 0 Å². The second kappa shape index (κ2) is 5.70. The summed E-state index contributed by atoms with van der Waals surface area (Å²) in [4.78, 5) is 8.46. The average Bonchev–Trinajstić information content (AvgIpc) is 3.00. The predicted octanol–water partition coefficient (Wildman–Crippen LogP) is 2.76. The standard InChI is InChI=1S/C15H15N5O/c1-10-7-12(15-20-18-9-21-15)3-4-14(10)17-8-13-5-6-16-11(2)19-13/h3-7,9,17H,8H2,1-2H3. The first-order valence-corrected chi connectivity index (χ1v) is 6.62. The molecule has 0 atom stereocenters. The normalized spacial score (nSPS) is 10.6. The lowest BCUT2D eigenvalue weighted by Gasteiger charge is -2.10. The highest BCUT2D eigenvalue weighted by Gasteiger charge is 2.06. The van der Waals surface area contributed by atoms with Gasteiger partial charge in [0.25, 0.3) is 0 Å². The fraction of sp³-hybridized carbons (Fsp3) is 0.200. The summed E-state index contributed by atoms with van der Waals surface area (Å²) in [5.41, 5.74) is 4.03. The quantitative estimate of drug-likeness (QED) is 0.792. The van der Waals surface area contributed by atoms with Gasteiger partial charge in [0, 0.05) is 17.4 Å². The maximum Gasteiger partial charge on any atom is 0.247 e. The SMILES string of the molecule is Cc1nccc(CNc2ccc(-c3nnco3)cc2C)n1. The molecule has 21 heavy (non-hydrogen) atoms. The van der Waals surface area contributed by atoms with E-state index in [4.69, 9.17) is 4.42 Å². The molecule has 0 saturated carbocycles. The lowest BCUT2D eigenvalue weighted by Crippen LogP contribution is -2.04. The molecule has 0 saturated heterocycles. The Bertz CT molecular complexity index is 740. The molecular weight excluding hydrogens is 266 g/mol. The van der Waals surface area contributed by atoms with Crippen LogP contribution in [0.3, 0.4) is 0 Å². The van der Waals surface area contributed by atoms with Gasteiger partial charge in [0.2, 0.25) is 12.3 Å². The maximum atomic E-state index is 5.20. The van der Waals surface area contributed by atoms with Gasteiger partial charge in [-0.25, -0.2) is 9.97 Å². The zero-order chi connectivity index (χ0) is 14.7. The summed E-state index contributed by atoms with van der Waals surface area (Å²) >= 11 is 0. The third-order valence-electron chi connectivity index (χ3n) is 3.13. The minimum Gasteiger partial charge on any atom is -0.423 e. The number of aryl methyl sites for hydroxylation is 2. The van der Waals surface area contributed by atoms with Gasteiger partial charge in [0.1, 0.15) is 5.82 Å². The summed E-state index contributed by atoms with van der Waals surface area (Å²) < 4.78 is 5.20. The Morgan fingerprint density at radius 3 is 2.81 bits per heavy atom. The molecule has 106 valence electrons. The second-order valence-electron chi connectivity index (χ2n) is 4.72. The van der Waals surface area contributed by atoms with Gasteiger partial charge >= 0.3 is 0 Å². The molecule has 2 heterocycles. The van der Waals surface area contributed by atoms with Crippen LogP contribution in [0.1, 0.15) is 17.1 Å². The van der Waals surface area contributed by atoms with Crippen molar-refractivity contribution < 1.29 is 4.42 Å². The average molecular weight is 281 g/mol. The van der Waals surface area contributed by atoms with Crippen LogP contribution >= 0.6 is 0 Å². The van der Waals surface area contributed by atoms with Gasteiger partial charge in [-0.3, -0.25) is 0 Å². The van der Waals surface area contributed by atoms with Crippen molar-refractivity contribution in [3.8, 4) is 11.5 Å². The van der Waals surface area contributed by atoms with Crippen molar-refractivity contribution in [3.63, 3.8) is 0 Å². The summed E-state index contributed by atoms with van der Waals surface area (Å²) in [5, 5.41) is 11.0. The van der Waals surface area contributed by atoms with Crippen LogP contribution in [0.25, 0.3) is 11.5 Å². The molecule has 0 unspecified atom stereocenters. The lowest BCUT2D eigenvalue weighted by molar-refractivity contribution is 0.568. The zero-order valence-corrected chi connectivity index (χ0v) is 11.9. The van der Waals surface area contributed by atoms with Gasteiger partial charge in [0.15, 0.2) is 0 Å². The summed E-state index contributed by atoms with van der Waals surface area (Å²) in [5.74, 6) is 1.30. The molecule has 0 radical (unpaired) electrons. The Morgan fingerprint density at radius 1 is 1.19 bits per heavy atom. The van der Waals surface area contributed by atoms with Crippen molar-refractivity contribution >= 4 is 5.69 Å². The third kappa shape index (κ3) is 3.05. The summed E-state index contributed by atoms with van der Waals surface area (Å²) in [6.45, 7) is 4.57. The van der Waals surface area contributed by atoms with Crippen LogP contribution in [0.4, 0.5) is 5.69 Å². The Balaban J connectivity index is 1.74. The number of anilines is 1. The fourth-order valence-electron chi connectivity index (χ4n) is 2.08. The highest BCUT2D eigenvalue weighted by Crippen LogP contribution is 2.23. The molecule has 0 aliphatic rings. The molecule has 3 rings (SSSR count). The van der Waals surface area contributed by atoms with E-state index in [0.29, 0.717) is 12.4 Å². The van der Waals surface area contributed by atoms with E-state index < -0.39 is 0 Å². The van der Waals surface area contributed by atoms with Crippen molar-refractivity contribution in [1.82, 2.24) is 20.2 Å². The molecule has 6 heteroatoms. The number of hydrogen-bond donors (Lipinski definition) is 1. The predicted molar refractivity (Wildman–Crippen MR) is 78.6 cm³/mol. The molecule has 0 amide bonds. The minimum atomic E-state index is 0.524. The van der Waals surface area contributed by atoms with Crippen molar-refractivity contribution in [2.75, 3.05) is 5.32 Å². The van der Waals surface area contributed by atoms with Crippen molar-refractivity contribution in [2.45, 2.75) is 20.4 Å². The van der Waals surface area contributed by atoms with E-state index in [-0.39, 0.29) is 0 Å². The van der Waals surface area contributed by atoms with Gasteiger partial charge in [-0.2, -0.15) is 0 Å². The third-order valence-corrected chi connectivity index (χ3v) is 3.13. The van der Waals surface area contributed by atoms with Crippen LogP contribution in [0.2, 0.25) is 0 Å². The van der Waals surface area contributed by atoms with Crippen molar-refractivity contribution in [3.05, 3.63) is 53.9 Å². The van der Waals surface area contributed by atoms with Crippen LogP contribution in [-0.4, -0.2) is 20.2 Å². The van der Waals surface area contributed by atoms with E-state index in [1.807, 2.05) is 38.1 Å². The Kier molecular flexibility index (Phi) is 3.59. The first-order chi connectivity index (χ1) is 10.2. The number of nitrogens with zero attached hydrogens (tertiary/aromatic N) is 4. The Morgan fingerprint density at radius 2 is 2.10 bits per heavy atom. The maximum absolute atomic E-state index is 5.20. The molecule has 3 aromatic rings. The van der Waals surface area contributed by atoms with Crippen LogP contribution in [0, 0.1) is 13.8 Å². The van der Waals surface area contributed by atoms with Crippen molar-refractivity contribution in [2.24, 2.45) is 0 Å². The van der Waals surface area contributed by atoms with Crippen LogP contribution in [0.5, 0.6) is 0 Å². The zero-order valence-electron chi connectivity index (χ0n) is 11.9. The topological polar surface area (TPSA) is 76.7 Å². The van der Waals surface area contributed by atoms with E-state index in [2.05, 4.69) is 25.5 Å². The number of rotatable bonds is 4. The molecule has 6 nitrogen and oxygen atoms in total. The first kappa shape index (κ1) is 13.2. The number of benzene rings is 1.